The van der Waals surface area contributed by atoms with Crippen molar-refractivity contribution in [2.75, 3.05) is 5.32 Å². The molecule has 136 valence electrons. The van der Waals surface area contributed by atoms with Gasteiger partial charge in [0.1, 0.15) is 0 Å². The van der Waals surface area contributed by atoms with E-state index < -0.39 is 24.0 Å². The minimum Gasteiger partial charge on any atom is -0.478 e. The van der Waals surface area contributed by atoms with E-state index in [-0.39, 0.29) is 5.41 Å². The predicted molar refractivity (Wildman–Crippen MR) is 99.2 cm³/mol. The number of nitrogens with one attached hydrogen (secondary N) is 1. The SMILES string of the molecule is CC(C)(C)c1ccc(-c2cccc3c2OC(C(=O)O)C(C(N)=O)N3)cc1. The molecule has 26 heavy (non-hydrogen) atoms. The van der Waals surface area contributed by atoms with E-state index in [1.54, 1.807) is 6.07 Å². The highest BCUT2D eigenvalue weighted by Gasteiger charge is 2.39. The van der Waals surface area contributed by atoms with E-state index in [0.717, 1.165) is 11.1 Å². The van der Waals surface area contributed by atoms with Gasteiger partial charge in [-0.15, -0.1) is 0 Å². The molecule has 2 aromatic rings. The molecule has 0 aliphatic carbocycles. The van der Waals surface area contributed by atoms with Gasteiger partial charge in [-0.3, -0.25) is 4.79 Å². The van der Waals surface area contributed by atoms with Gasteiger partial charge in [-0.25, -0.2) is 4.79 Å². The third-order valence-corrected chi connectivity index (χ3v) is 4.49. The molecular formula is C20H22N2O4. The Morgan fingerprint density at radius 3 is 2.31 bits per heavy atom. The number of para-hydroxylation sites is 1. The topological polar surface area (TPSA) is 102 Å². The molecule has 0 bridgehead atoms. The Kier molecular flexibility index (Phi) is 4.36. The number of aliphatic carboxylic acids is 1. The van der Waals surface area contributed by atoms with Crippen molar-refractivity contribution >= 4 is 17.6 Å². The first-order chi connectivity index (χ1) is 12.2. The van der Waals surface area contributed by atoms with Crippen molar-refractivity contribution in [2.24, 2.45) is 5.73 Å². The van der Waals surface area contributed by atoms with E-state index in [1.807, 2.05) is 36.4 Å². The van der Waals surface area contributed by atoms with Gasteiger partial charge in [0.2, 0.25) is 12.0 Å². The maximum Gasteiger partial charge on any atom is 0.347 e. The number of amides is 1. The van der Waals surface area contributed by atoms with Crippen molar-refractivity contribution < 1.29 is 19.4 Å². The Morgan fingerprint density at radius 2 is 1.77 bits per heavy atom. The summed E-state index contributed by atoms with van der Waals surface area (Å²) >= 11 is 0. The second kappa shape index (κ2) is 6.37. The van der Waals surface area contributed by atoms with Crippen LogP contribution in [0.5, 0.6) is 5.75 Å². The minimum absolute atomic E-state index is 0.0375. The largest absolute Gasteiger partial charge is 0.478 e. The van der Waals surface area contributed by atoms with Crippen LogP contribution in [0.15, 0.2) is 42.5 Å². The molecule has 0 saturated carbocycles. The van der Waals surface area contributed by atoms with Crippen LogP contribution in [0.2, 0.25) is 0 Å². The Hall–Kier alpha value is -3.02. The fourth-order valence-electron chi connectivity index (χ4n) is 3.01. The quantitative estimate of drug-likeness (QED) is 0.787. The van der Waals surface area contributed by atoms with Crippen molar-refractivity contribution in [1.29, 1.82) is 0 Å². The van der Waals surface area contributed by atoms with Crippen LogP contribution < -0.4 is 15.8 Å². The number of rotatable bonds is 3. The van der Waals surface area contributed by atoms with Crippen LogP contribution >= 0.6 is 0 Å². The van der Waals surface area contributed by atoms with Gasteiger partial charge < -0.3 is 20.9 Å². The lowest BCUT2D eigenvalue weighted by Crippen LogP contribution is -2.53. The fraction of sp³-hybridized carbons (Fsp3) is 0.300. The Balaban J connectivity index is 2.03. The molecule has 3 rings (SSSR count). The van der Waals surface area contributed by atoms with E-state index in [4.69, 9.17) is 10.5 Å². The second-order valence-corrected chi connectivity index (χ2v) is 7.41. The number of ether oxygens (including phenoxy) is 1. The number of anilines is 1. The normalized spacial score (nSPS) is 19.0. The lowest BCUT2D eigenvalue weighted by molar-refractivity contribution is -0.148. The van der Waals surface area contributed by atoms with Gasteiger partial charge in [0, 0.05) is 5.56 Å². The molecule has 1 heterocycles. The number of hydrogen-bond donors (Lipinski definition) is 3. The summed E-state index contributed by atoms with van der Waals surface area (Å²) in [5.41, 5.74) is 8.75. The molecule has 0 spiro atoms. The summed E-state index contributed by atoms with van der Waals surface area (Å²) in [6, 6.07) is 12.3. The van der Waals surface area contributed by atoms with Crippen molar-refractivity contribution in [3.05, 3.63) is 48.0 Å². The first-order valence-electron chi connectivity index (χ1n) is 8.38. The van der Waals surface area contributed by atoms with Gasteiger partial charge in [0.15, 0.2) is 11.8 Å². The summed E-state index contributed by atoms with van der Waals surface area (Å²) in [7, 11) is 0. The molecule has 0 aromatic heterocycles. The lowest BCUT2D eigenvalue weighted by atomic mass is 9.86. The predicted octanol–water partition coefficient (Wildman–Crippen LogP) is 2.76. The zero-order valence-corrected chi connectivity index (χ0v) is 14.9. The number of fused-ring (bicyclic) bond motifs is 1. The van der Waals surface area contributed by atoms with Gasteiger partial charge in [0.05, 0.1) is 5.69 Å². The number of carbonyl (C=O) groups excluding carboxylic acids is 1. The van der Waals surface area contributed by atoms with Crippen LogP contribution in [0.3, 0.4) is 0 Å². The standard InChI is InChI=1S/C20H22N2O4/c1-20(2,3)12-9-7-11(8-10-12)13-5-4-6-14-16(13)26-17(19(24)25)15(22-14)18(21)23/h4-10,15,17,22H,1-3H3,(H2,21,23)(H,24,25). The van der Waals surface area contributed by atoms with Crippen LogP contribution in [0.1, 0.15) is 26.3 Å². The molecule has 0 radical (unpaired) electrons. The van der Waals surface area contributed by atoms with Crippen molar-refractivity contribution in [2.45, 2.75) is 38.3 Å². The van der Waals surface area contributed by atoms with E-state index in [0.29, 0.717) is 11.4 Å². The van der Waals surface area contributed by atoms with Crippen LogP contribution in [-0.2, 0) is 15.0 Å². The molecule has 6 heteroatoms. The Labute approximate surface area is 152 Å². The Bertz CT molecular complexity index is 853. The zero-order valence-electron chi connectivity index (χ0n) is 14.9. The fourth-order valence-corrected chi connectivity index (χ4v) is 3.01. The van der Waals surface area contributed by atoms with Gasteiger partial charge >= 0.3 is 5.97 Å². The highest BCUT2D eigenvalue weighted by Crippen LogP contribution is 2.41. The van der Waals surface area contributed by atoms with Crippen LogP contribution in [0, 0.1) is 0 Å². The molecule has 1 aliphatic rings. The average Bonchev–Trinajstić information content (AvgIpc) is 2.59. The van der Waals surface area contributed by atoms with Crippen LogP contribution in [0.25, 0.3) is 11.1 Å². The summed E-state index contributed by atoms with van der Waals surface area (Å²) < 4.78 is 5.69. The molecule has 2 unspecified atom stereocenters. The van der Waals surface area contributed by atoms with E-state index >= 15 is 0 Å². The third-order valence-electron chi connectivity index (χ3n) is 4.49. The van der Waals surface area contributed by atoms with Crippen LogP contribution in [-0.4, -0.2) is 29.1 Å². The number of carboxylic acid groups (broad SMARTS) is 1. The summed E-state index contributed by atoms with van der Waals surface area (Å²) in [5.74, 6) is -1.62. The molecule has 1 amide bonds. The lowest BCUT2D eigenvalue weighted by Gasteiger charge is -2.32. The van der Waals surface area contributed by atoms with Gasteiger partial charge in [0.25, 0.3) is 0 Å². The summed E-state index contributed by atoms with van der Waals surface area (Å²) in [6.45, 7) is 6.42. The minimum atomic E-state index is -1.38. The molecule has 0 saturated heterocycles. The second-order valence-electron chi connectivity index (χ2n) is 7.41. The van der Waals surface area contributed by atoms with Crippen molar-refractivity contribution in [3.8, 4) is 16.9 Å². The molecule has 4 N–H and O–H groups in total. The summed E-state index contributed by atoms with van der Waals surface area (Å²) in [5, 5.41) is 12.3. The Morgan fingerprint density at radius 1 is 1.12 bits per heavy atom. The highest BCUT2D eigenvalue weighted by molar-refractivity contribution is 5.93. The first kappa shape index (κ1) is 17.8. The molecule has 1 aliphatic heterocycles. The summed E-state index contributed by atoms with van der Waals surface area (Å²) in [6.07, 6.45) is -1.38. The summed E-state index contributed by atoms with van der Waals surface area (Å²) in [4.78, 5) is 23.1. The highest BCUT2D eigenvalue weighted by atomic mass is 16.5. The number of carbonyl (C=O) groups is 2. The first-order valence-corrected chi connectivity index (χ1v) is 8.38. The number of hydrogen-bond acceptors (Lipinski definition) is 4. The van der Waals surface area contributed by atoms with E-state index in [2.05, 4.69) is 26.1 Å². The molecular weight excluding hydrogens is 332 g/mol. The van der Waals surface area contributed by atoms with Crippen molar-refractivity contribution in [3.63, 3.8) is 0 Å². The number of benzene rings is 2. The third kappa shape index (κ3) is 3.22. The molecule has 6 nitrogen and oxygen atoms in total. The molecule has 2 atom stereocenters. The van der Waals surface area contributed by atoms with Gasteiger partial charge in [-0.05, 0) is 22.6 Å². The number of primary amides is 1. The maximum absolute atomic E-state index is 11.6. The smallest absolute Gasteiger partial charge is 0.347 e. The van der Waals surface area contributed by atoms with Gasteiger partial charge in [-0.1, -0.05) is 57.2 Å². The monoisotopic (exact) mass is 354 g/mol. The van der Waals surface area contributed by atoms with E-state index in [1.165, 1.54) is 5.56 Å². The molecule has 0 fully saturated rings. The maximum atomic E-state index is 11.6. The molecule has 2 aromatic carbocycles. The van der Waals surface area contributed by atoms with E-state index in [9.17, 15) is 14.7 Å². The zero-order chi connectivity index (χ0) is 19.1. The van der Waals surface area contributed by atoms with Crippen LogP contribution in [0.4, 0.5) is 5.69 Å². The van der Waals surface area contributed by atoms with Gasteiger partial charge in [-0.2, -0.15) is 0 Å². The number of carboxylic acids is 1. The van der Waals surface area contributed by atoms with Crippen molar-refractivity contribution in [1.82, 2.24) is 0 Å². The number of nitrogens with two attached hydrogens (primary N) is 1. The average molecular weight is 354 g/mol.